The highest BCUT2D eigenvalue weighted by Crippen LogP contribution is 2.21. The van der Waals surface area contributed by atoms with Gasteiger partial charge in [0.05, 0.1) is 11.3 Å². The van der Waals surface area contributed by atoms with Gasteiger partial charge in [-0.3, -0.25) is 4.99 Å². The fraction of sp³-hybridized carbons (Fsp3) is 0.0667. The van der Waals surface area contributed by atoms with Crippen LogP contribution < -0.4 is 0 Å². The Balaban J connectivity index is 2.29. The third-order valence-corrected chi connectivity index (χ3v) is 3.04. The minimum Gasteiger partial charge on any atom is -0.478 e. The molecule has 3 nitrogen and oxygen atoms in total. The van der Waals surface area contributed by atoms with Gasteiger partial charge in [0.2, 0.25) is 0 Å². The third kappa shape index (κ3) is 3.20. The van der Waals surface area contributed by atoms with Crippen LogP contribution in [0.3, 0.4) is 0 Å². The smallest absolute Gasteiger partial charge is 0.335 e. The number of carboxylic acid groups (broad SMARTS) is 1. The van der Waals surface area contributed by atoms with Gasteiger partial charge >= 0.3 is 5.97 Å². The van der Waals surface area contributed by atoms with Crippen LogP contribution in [0.1, 0.15) is 21.5 Å². The molecule has 0 atom stereocenters. The Hall–Kier alpha value is -2.13. The van der Waals surface area contributed by atoms with Crippen LogP contribution >= 0.6 is 11.6 Å². The number of hydrogen-bond donors (Lipinski definition) is 1. The number of benzene rings is 2. The van der Waals surface area contributed by atoms with Crippen molar-refractivity contribution in [2.75, 3.05) is 0 Å². The monoisotopic (exact) mass is 273 g/mol. The minimum atomic E-state index is -0.940. The number of aliphatic imine (C=N–C) groups is 1. The standard InChI is InChI=1S/C15H12ClNO2/c1-10-8-11(15(18)19)6-7-14(10)17-9-12-4-2-3-5-13(12)16/h2-9H,1H3,(H,18,19)/b17-9+. The summed E-state index contributed by atoms with van der Waals surface area (Å²) < 4.78 is 0. The van der Waals surface area contributed by atoms with E-state index in [1.54, 1.807) is 24.4 Å². The summed E-state index contributed by atoms with van der Waals surface area (Å²) in [5.41, 5.74) is 2.62. The molecule has 2 rings (SSSR count). The van der Waals surface area contributed by atoms with Crippen LogP contribution in [0.15, 0.2) is 47.5 Å². The Morgan fingerprint density at radius 2 is 2.00 bits per heavy atom. The lowest BCUT2D eigenvalue weighted by molar-refractivity contribution is 0.0697. The van der Waals surface area contributed by atoms with Gasteiger partial charge in [0.15, 0.2) is 0 Å². The molecule has 0 aliphatic rings. The summed E-state index contributed by atoms with van der Waals surface area (Å²) >= 11 is 6.03. The molecule has 0 radical (unpaired) electrons. The van der Waals surface area contributed by atoms with Crippen molar-refractivity contribution in [1.29, 1.82) is 0 Å². The van der Waals surface area contributed by atoms with Gasteiger partial charge in [-0.1, -0.05) is 29.8 Å². The molecular weight excluding hydrogens is 262 g/mol. The molecule has 0 unspecified atom stereocenters. The molecule has 0 aromatic heterocycles. The van der Waals surface area contributed by atoms with Gasteiger partial charge in [0.1, 0.15) is 0 Å². The highest BCUT2D eigenvalue weighted by Gasteiger charge is 2.04. The van der Waals surface area contributed by atoms with Gasteiger partial charge in [0, 0.05) is 16.8 Å². The average Bonchev–Trinajstić information content (AvgIpc) is 2.39. The molecular formula is C15H12ClNO2. The molecule has 0 saturated heterocycles. The lowest BCUT2D eigenvalue weighted by atomic mass is 10.1. The molecule has 19 heavy (non-hydrogen) atoms. The van der Waals surface area contributed by atoms with E-state index in [4.69, 9.17) is 16.7 Å². The number of aromatic carboxylic acids is 1. The highest BCUT2D eigenvalue weighted by molar-refractivity contribution is 6.33. The molecule has 0 spiro atoms. The molecule has 0 bridgehead atoms. The predicted molar refractivity (Wildman–Crippen MR) is 76.8 cm³/mol. The number of aryl methyl sites for hydroxylation is 1. The van der Waals surface area contributed by atoms with Crippen LogP contribution in [0.25, 0.3) is 0 Å². The molecule has 0 heterocycles. The van der Waals surface area contributed by atoms with E-state index < -0.39 is 5.97 Å². The maximum absolute atomic E-state index is 10.8. The molecule has 2 aromatic rings. The lowest BCUT2D eigenvalue weighted by Gasteiger charge is -2.02. The summed E-state index contributed by atoms with van der Waals surface area (Å²) in [6.07, 6.45) is 1.67. The Morgan fingerprint density at radius 1 is 1.26 bits per heavy atom. The molecule has 0 aliphatic heterocycles. The van der Waals surface area contributed by atoms with Crippen molar-refractivity contribution >= 4 is 29.5 Å². The van der Waals surface area contributed by atoms with E-state index >= 15 is 0 Å². The lowest BCUT2D eigenvalue weighted by Crippen LogP contribution is -1.95. The SMILES string of the molecule is Cc1cc(C(=O)O)ccc1/N=C/c1ccccc1Cl. The molecule has 96 valence electrons. The largest absolute Gasteiger partial charge is 0.478 e. The molecule has 2 aromatic carbocycles. The summed E-state index contributed by atoms with van der Waals surface area (Å²) in [4.78, 5) is 15.2. The fourth-order valence-electron chi connectivity index (χ4n) is 1.65. The summed E-state index contributed by atoms with van der Waals surface area (Å²) in [5, 5.41) is 9.52. The first-order valence-electron chi connectivity index (χ1n) is 5.70. The first-order valence-corrected chi connectivity index (χ1v) is 6.08. The zero-order chi connectivity index (χ0) is 13.8. The van der Waals surface area contributed by atoms with Crippen LogP contribution in [0.5, 0.6) is 0 Å². The maximum Gasteiger partial charge on any atom is 0.335 e. The van der Waals surface area contributed by atoms with E-state index in [-0.39, 0.29) is 5.56 Å². The van der Waals surface area contributed by atoms with Gasteiger partial charge in [-0.2, -0.15) is 0 Å². The summed E-state index contributed by atoms with van der Waals surface area (Å²) in [7, 11) is 0. The normalized spacial score (nSPS) is 10.8. The molecule has 4 heteroatoms. The summed E-state index contributed by atoms with van der Waals surface area (Å²) in [6, 6.07) is 12.2. The molecule has 0 aliphatic carbocycles. The summed E-state index contributed by atoms with van der Waals surface area (Å²) in [5.74, 6) is -0.940. The number of hydrogen-bond acceptors (Lipinski definition) is 2. The first-order chi connectivity index (χ1) is 9.08. The maximum atomic E-state index is 10.8. The van der Waals surface area contributed by atoms with Crippen LogP contribution in [0.4, 0.5) is 5.69 Å². The number of nitrogens with zero attached hydrogens (tertiary/aromatic N) is 1. The van der Waals surface area contributed by atoms with Crippen molar-refractivity contribution in [2.24, 2.45) is 4.99 Å². The van der Waals surface area contributed by atoms with Crippen molar-refractivity contribution in [3.63, 3.8) is 0 Å². The van der Waals surface area contributed by atoms with E-state index in [1.807, 2.05) is 25.1 Å². The second kappa shape index (κ2) is 5.67. The molecule has 0 amide bonds. The predicted octanol–water partition coefficient (Wildman–Crippen LogP) is 4.10. The number of carbonyl (C=O) groups is 1. The first kappa shape index (κ1) is 13.3. The van der Waals surface area contributed by atoms with Crippen molar-refractivity contribution in [3.05, 3.63) is 64.2 Å². The van der Waals surface area contributed by atoms with Crippen LogP contribution in [0, 0.1) is 6.92 Å². The number of halogens is 1. The van der Waals surface area contributed by atoms with Crippen molar-refractivity contribution < 1.29 is 9.90 Å². The minimum absolute atomic E-state index is 0.259. The zero-order valence-electron chi connectivity index (χ0n) is 10.3. The van der Waals surface area contributed by atoms with Crippen LogP contribution in [0.2, 0.25) is 5.02 Å². The van der Waals surface area contributed by atoms with Gasteiger partial charge in [-0.05, 0) is 36.8 Å². The van der Waals surface area contributed by atoms with E-state index in [2.05, 4.69) is 4.99 Å². The average molecular weight is 274 g/mol. The van der Waals surface area contributed by atoms with Crippen molar-refractivity contribution in [1.82, 2.24) is 0 Å². The summed E-state index contributed by atoms with van der Waals surface area (Å²) in [6.45, 7) is 1.83. The van der Waals surface area contributed by atoms with Gasteiger partial charge in [0.25, 0.3) is 0 Å². The van der Waals surface area contributed by atoms with Crippen LogP contribution in [-0.2, 0) is 0 Å². The Labute approximate surface area is 116 Å². The Bertz CT molecular complexity index is 650. The second-order valence-electron chi connectivity index (χ2n) is 4.09. The molecule has 0 fully saturated rings. The Morgan fingerprint density at radius 3 is 2.63 bits per heavy atom. The number of carboxylic acids is 1. The van der Waals surface area contributed by atoms with Gasteiger partial charge in [-0.15, -0.1) is 0 Å². The van der Waals surface area contributed by atoms with Gasteiger partial charge < -0.3 is 5.11 Å². The van der Waals surface area contributed by atoms with Crippen molar-refractivity contribution in [3.8, 4) is 0 Å². The Kier molecular flexibility index (Phi) is 3.97. The molecule has 0 saturated carbocycles. The third-order valence-electron chi connectivity index (χ3n) is 2.69. The van der Waals surface area contributed by atoms with E-state index in [9.17, 15) is 4.79 Å². The van der Waals surface area contributed by atoms with E-state index in [0.717, 1.165) is 16.8 Å². The second-order valence-corrected chi connectivity index (χ2v) is 4.49. The topological polar surface area (TPSA) is 49.7 Å². The fourth-order valence-corrected chi connectivity index (χ4v) is 1.84. The van der Waals surface area contributed by atoms with E-state index in [0.29, 0.717) is 5.02 Å². The van der Waals surface area contributed by atoms with Crippen molar-refractivity contribution in [2.45, 2.75) is 6.92 Å². The molecule has 1 N–H and O–H groups in total. The van der Waals surface area contributed by atoms with Gasteiger partial charge in [-0.25, -0.2) is 4.79 Å². The zero-order valence-corrected chi connectivity index (χ0v) is 11.1. The quantitative estimate of drug-likeness (QED) is 0.856. The highest BCUT2D eigenvalue weighted by atomic mass is 35.5. The van der Waals surface area contributed by atoms with Crippen LogP contribution in [-0.4, -0.2) is 17.3 Å². The number of rotatable bonds is 3. The van der Waals surface area contributed by atoms with E-state index in [1.165, 1.54) is 6.07 Å².